The predicted molar refractivity (Wildman–Crippen MR) is 83.4 cm³/mol. The average Bonchev–Trinajstić information content (AvgIpc) is 2.60. The van der Waals surface area contributed by atoms with E-state index in [-0.39, 0.29) is 11.9 Å². The summed E-state index contributed by atoms with van der Waals surface area (Å²) in [5.41, 5.74) is 2.10. The minimum Gasteiger partial charge on any atom is -0.361 e. The Morgan fingerprint density at radius 3 is 2.75 bits per heavy atom. The fourth-order valence-corrected chi connectivity index (χ4v) is 2.72. The summed E-state index contributed by atoms with van der Waals surface area (Å²) in [5, 5.41) is 3.91. The second-order valence-corrected chi connectivity index (χ2v) is 5.72. The number of hydrogen-bond donors (Lipinski definition) is 1. The van der Waals surface area contributed by atoms with E-state index in [1.807, 2.05) is 26.2 Å². The first-order valence-electron chi connectivity index (χ1n) is 6.98. The van der Waals surface area contributed by atoms with Crippen LogP contribution in [0.3, 0.4) is 0 Å². The zero-order valence-corrected chi connectivity index (χ0v) is 13.1. The van der Waals surface area contributed by atoms with E-state index in [2.05, 4.69) is 23.2 Å². The number of likely N-dealkylation sites (N-methyl/N-ethyl adjacent to an activating group) is 1. The van der Waals surface area contributed by atoms with E-state index in [0.29, 0.717) is 11.6 Å². The zero-order valence-electron chi connectivity index (χ0n) is 12.3. The molecule has 1 aromatic rings. The number of rotatable bonds is 3. The standard InChI is InChI=1S/C15H22ClN3O/c1-11(17-2)12-5-6-14(13(16)9-12)19-8-4-7-18(3)15(20)10-19/h5-6,9,11,17H,4,7-8,10H2,1-3H3. The van der Waals surface area contributed by atoms with E-state index in [4.69, 9.17) is 11.6 Å². The average molecular weight is 296 g/mol. The van der Waals surface area contributed by atoms with Gasteiger partial charge in [-0.3, -0.25) is 4.79 Å². The Labute approximate surface area is 125 Å². The maximum absolute atomic E-state index is 12.0. The molecule has 1 heterocycles. The molecule has 1 fully saturated rings. The normalized spacial score (nSPS) is 18.1. The van der Waals surface area contributed by atoms with E-state index in [9.17, 15) is 4.79 Å². The highest BCUT2D eigenvalue weighted by atomic mass is 35.5. The van der Waals surface area contributed by atoms with Gasteiger partial charge in [-0.1, -0.05) is 17.7 Å². The molecule has 1 atom stereocenters. The molecule has 1 aliphatic rings. The number of anilines is 1. The van der Waals surface area contributed by atoms with Gasteiger partial charge in [-0.15, -0.1) is 0 Å². The van der Waals surface area contributed by atoms with Crippen LogP contribution in [0.25, 0.3) is 0 Å². The number of hydrogen-bond acceptors (Lipinski definition) is 3. The SMILES string of the molecule is CNC(C)c1ccc(N2CCCN(C)C(=O)C2)c(Cl)c1. The topological polar surface area (TPSA) is 35.6 Å². The van der Waals surface area contributed by atoms with Crippen LogP contribution in [-0.2, 0) is 4.79 Å². The Balaban J connectivity index is 2.22. The van der Waals surface area contributed by atoms with Crippen molar-refractivity contribution in [2.75, 3.05) is 38.6 Å². The number of nitrogens with zero attached hydrogens (tertiary/aromatic N) is 2. The van der Waals surface area contributed by atoms with Gasteiger partial charge in [0.25, 0.3) is 0 Å². The molecule has 0 saturated carbocycles. The van der Waals surface area contributed by atoms with Gasteiger partial charge in [-0.25, -0.2) is 0 Å². The van der Waals surface area contributed by atoms with E-state index in [1.165, 1.54) is 0 Å². The van der Waals surface area contributed by atoms with Crippen molar-refractivity contribution in [1.82, 2.24) is 10.2 Å². The third kappa shape index (κ3) is 3.25. The third-order valence-electron chi connectivity index (χ3n) is 3.92. The predicted octanol–water partition coefficient (Wildman–Crippen LogP) is 2.29. The highest BCUT2D eigenvalue weighted by molar-refractivity contribution is 6.33. The minimum absolute atomic E-state index is 0.145. The number of nitrogens with one attached hydrogen (secondary N) is 1. The van der Waals surface area contributed by atoms with Gasteiger partial charge in [-0.05, 0) is 38.1 Å². The molecule has 1 aromatic carbocycles. The fourth-order valence-electron chi connectivity index (χ4n) is 2.41. The molecule has 1 aliphatic heterocycles. The second-order valence-electron chi connectivity index (χ2n) is 5.31. The van der Waals surface area contributed by atoms with E-state index < -0.39 is 0 Å². The van der Waals surface area contributed by atoms with Gasteiger partial charge in [0.15, 0.2) is 0 Å². The molecule has 1 N–H and O–H groups in total. The van der Waals surface area contributed by atoms with Gasteiger partial charge in [0, 0.05) is 26.2 Å². The van der Waals surface area contributed by atoms with E-state index in [1.54, 1.807) is 4.90 Å². The third-order valence-corrected chi connectivity index (χ3v) is 4.22. The second kappa shape index (κ2) is 6.46. The summed E-state index contributed by atoms with van der Waals surface area (Å²) in [6, 6.07) is 6.33. The summed E-state index contributed by atoms with van der Waals surface area (Å²) < 4.78 is 0. The Morgan fingerprint density at radius 1 is 1.35 bits per heavy atom. The summed E-state index contributed by atoms with van der Waals surface area (Å²) >= 11 is 6.41. The van der Waals surface area contributed by atoms with E-state index >= 15 is 0 Å². The molecule has 0 spiro atoms. The van der Waals surface area contributed by atoms with Gasteiger partial charge in [-0.2, -0.15) is 0 Å². The molecule has 1 amide bonds. The van der Waals surface area contributed by atoms with Crippen molar-refractivity contribution in [1.29, 1.82) is 0 Å². The molecule has 0 aliphatic carbocycles. The molecular formula is C15H22ClN3O. The van der Waals surface area contributed by atoms with Crippen LogP contribution < -0.4 is 10.2 Å². The Bertz CT molecular complexity index is 492. The summed E-state index contributed by atoms with van der Waals surface area (Å²) in [6.07, 6.45) is 0.966. The van der Waals surface area contributed by atoms with Gasteiger partial charge in [0.2, 0.25) is 5.91 Å². The molecule has 1 unspecified atom stereocenters. The van der Waals surface area contributed by atoms with Crippen molar-refractivity contribution in [2.24, 2.45) is 0 Å². The number of carbonyl (C=O) groups is 1. The molecule has 0 aromatic heterocycles. The molecule has 0 radical (unpaired) electrons. The lowest BCUT2D eigenvalue weighted by molar-refractivity contribution is -0.127. The first kappa shape index (κ1) is 15.1. The smallest absolute Gasteiger partial charge is 0.241 e. The van der Waals surface area contributed by atoms with Crippen LogP contribution in [0.15, 0.2) is 18.2 Å². The fraction of sp³-hybridized carbons (Fsp3) is 0.533. The Hall–Kier alpha value is -1.26. The molecule has 2 rings (SSSR count). The van der Waals surface area contributed by atoms with Crippen LogP contribution in [0.4, 0.5) is 5.69 Å². The molecular weight excluding hydrogens is 274 g/mol. The number of benzene rings is 1. The molecule has 1 saturated heterocycles. The zero-order chi connectivity index (χ0) is 14.7. The summed E-state index contributed by atoms with van der Waals surface area (Å²) in [7, 11) is 3.78. The van der Waals surface area contributed by atoms with Crippen molar-refractivity contribution < 1.29 is 4.79 Å². The summed E-state index contributed by atoms with van der Waals surface area (Å²) in [5.74, 6) is 0.145. The van der Waals surface area contributed by atoms with Crippen molar-refractivity contribution in [2.45, 2.75) is 19.4 Å². The molecule has 20 heavy (non-hydrogen) atoms. The summed E-state index contributed by atoms with van der Waals surface area (Å²) in [4.78, 5) is 15.8. The van der Waals surface area contributed by atoms with Crippen LogP contribution in [0, 0.1) is 0 Å². The Kier molecular flexibility index (Phi) is 4.89. The molecule has 5 heteroatoms. The lowest BCUT2D eigenvalue weighted by atomic mass is 10.1. The lowest BCUT2D eigenvalue weighted by Crippen LogP contribution is -2.34. The molecule has 110 valence electrons. The number of amides is 1. The van der Waals surface area contributed by atoms with E-state index in [0.717, 1.165) is 30.8 Å². The first-order chi connectivity index (χ1) is 9.52. The number of carbonyl (C=O) groups excluding carboxylic acids is 1. The van der Waals surface area contributed by atoms with Gasteiger partial charge in [0.1, 0.15) is 0 Å². The van der Waals surface area contributed by atoms with Crippen LogP contribution in [0.2, 0.25) is 5.02 Å². The van der Waals surface area contributed by atoms with Crippen LogP contribution in [0.1, 0.15) is 24.9 Å². The maximum atomic E-state index is 12.0. The van der Waals surface area contributed by atoms with Crippen molar-refractivity contribution in [3.05, 3.63) is 28.8 Å². The highest BCUT2D eigenvalue weighted by Crippen LogP contribution is 2.29. The van der Waals surface area contributed by atoms with Crippen molar-refractivity contribution in [3.8, 4) is 0 Å². The first-order valence-corrected chi connectivity index (χ1v) is 7.36. The maximum Gasteiger partial charge on any atom is 0.241 e. The van der Waals surface area contributed by atoms with Crippen LogP contribution in [-0.4, -0.2) is 44.5 Å². The Morgan fingerprint density at radius 2 is 2.10 bits per heavy atom. The monoisotopic (exact) mass is 295 g/mol. The lowest BCUT2D eigenvalue weighted by Gasteiger charge is -2.24. The van der Waals surface area contributed by atoms with Gasteiger partial charge < -0.3 is 15.1 Å². The van der Waals surface area contributed by atoms with Crippen molar-refractivity contribution in [3.63, 3.8) is 0 Å². The quantitative estimate of drug-likeness (QED) is 0.929. The van der Waals surface area contributed by atoms with Gasteiger partial charge in [0.05, 0.1) is 17.3 Å². The van der Waals surface area contributed by atoms with Crippen LogP contribution in [0.5, 0.6) is 0 Å². The van der Waals surface area contributed by atoms with Crippen molar-refractivity contribution >= 4 is 23.2 Å². The minimum atomic E-state index is 0.145. The largest absolute Gasteiger partial charge is 0.361 e. The van der Waals surface area contributed by atoms with Crippen LogP contribution >= 0.6 is 11.6 Å². The van der Waals surface area contributed by atoms with Gasteiger partial charge >= 0.3 is 0 Å². The molecule has 0 bridgehead atoms. The highest BCUT2D eigenvalue weighted by Gasteiger charge is 2.21. The molecule has 4 nitrogen and oxygen atoms in total. The summed E-state index contributed by atoms with van der Waals surface area (Å²) in [6.45, 7) is 4.16. The number of halogens is 1.